The van der Waals surface area contributed by atoms with Crippen molar-refractivity contribution in [1.29, 1.82) is 0 Å². The van der Waals surface area contributed by atoms with Crippen molar-refractivity contribution in [2.24, 2.45) is 0 Å². The molecule has 2 heterocycles. The number of ether oxygens (including phenoxy) is 1. The Hall–Kier alpha value is -1.50. The summed E-state index contributed by atoms with van der Waals surface area (Å²) in [6.45, 7) is -3.20. The maximum atomic E-state index is 14.2. The second kappa shape index (κ2) is 6.10. The van der Waals surface area contributed by atoms with E-state index in [9.17, 15) is 32.4 Å². The van der Waals surface area contributed by atoms with Crippen molar-refractivity contribution in [3.05, 3.63) is 33.1 Å². The van der Waals surface area contributed by atoms with Crippen molar-refractivity contribution >= 4 is 7.82 Å². The highest BCUT2D eigenvalue weighted by Crippen LogP contribution is 2.49. The first-order valence-corrected chi connectivity index (χ1v) is 7.77. The molecule has 4 N–H and O–H groups in total. The van der Waals surface area contributed by atoms with E-state index in [0.717, 1.165) is 6.07 Å². The molecule has 0 aromatic carbocycles. The third-order valence-corrected chi connectivity index (χ3v) is 3.81. The van der Waals surface area contributed by atoms with E-state index in [-0.39, 0.29) is 4.57 Å². The van der Waals surface area contributed by atoms with E-state index in [1.54, 1.807) is 4.98 Å². The lowest BCUT2D eigenvalue weighted by Crippen LogP contribution is -2.51. The minimum absolute atomic E-state index is 0.208. The first-order valence-electron chi connectivity index (χ1n) is 6.24. The Morgan fingerprint density at radius 1 is 1.42 bits per heavy atom. The molecule has 136 valence electrons. The van der Waals surface area contributed by atoms with Crippen LogP contribution < -0.4 is 11.2 Å². The predicted molar refractivity (Wildman–Crippen MR) is 69.1 cm³/mol. The molecule has 14 heteroatoms. The first-order chi connectivity index (χ1) is 10.9. The molecule has 0 bridgehead atoms. The van der Waals surface area contributed by atoms with Crippen LogP contribution in [0.25, 0.3) is 0 Å². The van der Waals surface area contributed by atoms with Gasteiger partial charge in [0.2, 0.25) is 6.23 Å². The van der Waals surface area contributed by atoms with Crippen molar-refractivity contribution in [2.75, 3.05) is 13.3 Å². The van der Waals surface area contributed by atoms with Gasteiger partial charge >= 0.3 is 19.4 Å². The highest BCUT2D eigenvalue weighted by atomic mass is 31.2. The van der Waals surface area contributed by atoms with Crippen LogP contribution in [0.3, 0.4) is 0 Å². The van der Waals surface area contributed by atoms with Crippen LogP contribution >= 0.6 is 7.82 Å². The van der Waals surface area contributed by atoms with Crippen molar-refractivity contribution in [2.45, 2.75) is 23.9 Å². The fraction of sp³-hybridized carbons (Fsp3) is 0.600. The normalized spacial score (nSPS) is 29.8. The maximum absolute atomic E-state index is 14.2. The lowest BCUT2D eigenvalue weighted by molar-refractivity contribution is -0.147. The molecule has 0 radical (unpaired) electrons. The largest absolute Gasteiger partial charge is 0.469 e. The number of phosphoric acid groups is 1. The van der Waals surface area contributed by atoms with Crippen LogP contribution in [-0.4, -0.2) is 55.4 Å². The van der Waals surface area contributed by atoms with E-state index in [1.165, 1.54) is 0 Å². The van der Waals surface area contributed by atoms with Crippen molar-refractivity contribution in [3.8, 4) is 0 Å². The molecule has 1 aliphatic heterocycles. The van der Waals surface area contributed by atoms with Gasteiger partial charge in [-0.05, 0) is 0 Å². The zero-order chi connectivity index (χ0) is 18.3. The Morgan fingerprint density at radius 2 is 2.04 bits per heavy atom. The number of hydrogen-bond acceptors (Lipinski definition) is 6. The van der Waals surface area contributed by atoms with E-state index in [0.29, 0.717) is 6.20 Å². The SMILES string of the molecule is O=c1ccn([C@@H]2O[C@](CF)(COP(=O)(O)O)[C@@H](O)C2(F)F)c(=O)[nH]1. The standard InChI is InChI=1S/C10H12F3N2O8P/c11-3-9(4-22-24(19,20)21)6(17)10(12,13)7(23-9)15-2-1-5(16)14-8(15)18/h1-2,6-7,17H,3-4H2,(H,14,16,18)(H2,19,20,21)/t6-,7-,9-/m1/s1. The van der Waals surface area contributed by atoms with Gasteiger partial charge in [-0.1, -0.05) is 0 Å². The number of phosphoric ester groups is 1. The minimum atomic E-state index is -5.17. The van der Waals surface area contributed by atoms with Crippen LogP contribution in [0.15, 0.2) is 21.9 Å². The van der Waals surface area contributed by atoms with Crippen LogP contribution in [-0.2, 0) is 13.8 Å². The number of rotatable bonds is 5. The Balaban J connectivity index is 2.43. The second-order valence-corrected chi connectivity index (χ2v) is 6.27. The van der Waals surface area contributed by atoms with Crippen LogP contribution in [0.5, 0.6) is 0 Å². The average molecular weight is 376 g/mol. The van der Waals surface area contributed by atoms with Crippen molar-refractivity contribution in [3.63, 3.8) is 0 Å². The summed E-state index contributed by atoms with van der Waals surface area (Å²) in [5, 5.41) is 9.71. The summed E-state index contributed by atoms with van der Waals surface area (Å²) in [4.78, 5) is 41.5. The summed E-state index contributed by atoms with van der Waals surface area (Å²) in [6.07, 6.45) is -4.77. The molecule has 1 aromatic heterocycles. The third-order valence-electron chi connectivity index (χ3n) is 3.35. The van der Waals surface area contributed by atoms with Gasteiger partial charge in [0, 0.05) is 12.3 Å². The summed E-state index contributed by atoms with van der Waals surface area (Å²) >= 11 is 0. The number of alkyl halides is 3. The van der Waals surface area contributed by atoms with Gasteiger partial charge < -0.3 is 19.6 Å². The number of aromatic nitrogens is 2. The van der Waals surface area contributed by atoms with Gasteiger partial charge in [-0.25, -0.2) is 13.8 Å². The molecule has 1 fully saturated rings. The molecule has 24 heavy (non-hydrogen) atoms. The fourth-order valence-corrected chi connectivity index (χ4v) is 2.54. The molecule has 10 nitrogen and oxygen atoms in total. The zero-order valence-electron chi connectivity index (χ0n) is 11.6. The number of aromatic amines is 1. The Kier molecular flexibility index (Phi) is 4.78. The van der Waals surface area contributed by atoms with E-state index in [1.807, 2.05) is 0 Å². The number of halogens is 3. The molecule has 0 saturated carbocycles. The molecule has 0 aliphatic carbocycles. The Bertz CT molecular complexity index is 776. The molecular weight excluding hydrogens is 364 g/mol. The highest BCUT2D eigenvalue weighted by molar-refractivity contribution is 7.46. The molecule has 0 spiro atoms. The van der Waals surface area contributed by atoms with E-state index in [4.69, 9.17) is 14.5 Å². The van der Waals surface area contributed by atoms with Crippen LogP contribution in [0.4, 0.5) is 13.2 Å². The quantitative estimate of drug-likeness (QED) is 0.472. The second-order valence-electron chi connectivity index (χ2n) is 5.03. The van der Waals surface area contributed by atoms with Gasteiger partial charge in [0.1, 0.15) is 6.67 Å². The summed E-state index contributed by atoms with van der Waals surface area (Å²) in [7, 11) is -5.17. The number of H-pyrrole nitrogens is 1. The zero-order valence-corrected chi connectivity index (χ0v) is 12.5. The Morgan fingerprint density at radius 3 is 2.54 bits per heavy atom. The maximum Gasteiger partial charge on any atom is 0.469 e. The van der Waals surface area contributed by atoms with E-state index in [2.05, 4.69) is 4.52 Å². The smallest absolute Gasteiger partial charge is 0.383 e. The monoisotopic (exact) mass is 376 g/mol. The number of nitrogens with one attached hydrogen (secondary N) is 1. The molecule has 1 saturated heterocycles. The fourth-order valence-electron chi connectivity index (χ4n) is 2.15. The highest BCUT2D eigenvalue weighted by Gasteiger charge is 2.67. The van der Waals surface area contributed by atoms with E-state index >= 15 is 0 Å². The molecule has 2 rings (SSSR count). The van der Waals surface area contributed by atoms with Crippen LogP contribution in [0.1, 0.15) is 6.23 Å². The van der Waals surface area contributed by atoms with E-state index < -0.39 is 56.2 Å². The topological polar surface area (TPSA) is 151 Å². The Labute approximate surface area is 130 Å². The van der Waals surface area contributed by atoms with Gasteiger partial charge in [-0.15, -0.1) is 0 Å². The molecule has 0 amide bonds. The summed E-state index contributed by atoms with van der Waals surface area (Å²) in [5.74, 6) is -4.23. The summed E-state index contributed by atoms with van der Waals surface area (Å²) < 4.78 is 61.3. The molecule has 1 aromatic rings. The van der Waals surface area contributed by atoms with Gasteiger partial charge in [0.15, 0.2) is 11.7 Å². The molecule has 1 aliphatic rings. The lowest BCUT2D eigenvalue weighted by atomic mass is 9.97. The number of hydrogen-bond donors (Lipinski definition) is 4. The van der Waals surface area contributed by atoms with Crippen LogP contribution in [0, 0.1) is 0 Å². The van der Waals surface area contributed by atoms with Gasteiger partial charge in [0.05, 0.1) is 6.61 Å². The third kappa shape index (κ3) is 3.31. The minimum Gasteiger partial charge on any atom is -0.383 e. The van der Waals surface area contributed by atoms with Gasteiger partial charge in [-0.3, -0.25) is 18.9 Å². The number of aliphatic hydroxyl groups excluding tert-OH is 1. The first kappa shape index (κ1) is 18.8. The lowest BCUT2D eigenvalue weighted by Gasteiger charge is -2.28. The number of aliphatic hydroxyl groups is 1. The average Bonchev–Trinajstić information content (AvgIpc) is 2.66. The van der Waals surface area contributed by atoms with Gasteiger partial charge in [-0.2, -0.15) is 8.78 Å². The number of nitrogens with zero attached hydrogens (tertiary/aromatic N) is 1. The molecule has 3 atom stereocenters. The molecule has 0 unspecified atom stereocenters. The van der Waals surface area contributed by atoms with Crippen molar-refractivity contribution < 1.29 is 41.9 Å². The predicted octanol–water partition coefficient (Wildman–Crippen LogP) is -1.12. The summed E-state index contributed by atoms with van der Waals surface area (Å²) in [6, 6.07) is 0.717. The summed E-state index contributed by atoms with van der Waals surface area (Å²) in [5.41, 5.74) is -5.03. The van der Waals surface area contributed by atoms with Crippen LogP contribution in [0.2, 0.25) is 0 Å². The van der Waals surface area contributed by atoms with Gasteiger partial charge in [0.25, 0.3) is 5.56 Å². The van der Waals surface area contributed by atoms with Crippen molar-refractivity contribution in [1.82, 2.24) is 9.55 Å². The molecular formula is C10H12F3N2O8P.